The van der Waals surface area contributed by atoms with Crippen LogP contribution in [0.15, 0.2) is 0 Å². The van der Waals surface area contributed by atoms with Gasteiger partial charge in [0.15, 0.2) is 0 Å². The number of unbranched alkanes of at least 4 members (excludes halogenated alkanes) is 7. The van der Waals surface area contributed by atoms with Crippen molar-refractivity contribution in [3.05, 3.63) is 0 Å². The first-order valence-corrected chi connectivity index (χ1v) is 51.0. The number of hydrazine groups is 1. The topological polar surface area (TPSA) is 763 Å². The van der Waals surface area contributed by atoms with E-state index in [-0.39, 0.29) is 195 Å². The molecule has 0 aliphatic carbocycles. The number of rotatable bonds is 79. The van der Waals surface area contributed by atoms with Gasteiger partial charge in [-0.15, -0.1) is 0 Å². The maximum atomic E-state index is 14.9. The SMILES string of the molecule is CC(C)C[C@H](NC(=O)[C@H](CCCCN)NC(=O)[C@H](CC(C)C)NC(=O)[C@H](CC(C)C)NC(=O)[C@H](CCCCN)NC(=O)[C@H](CCC(N)=O)NC(=O)[C@H](CC(C)C)NC(=O)[C@H](CC(C)C)NC(=O)[C@H](CCCCN)NC(=O)[C@H](CC(C)C)NC(=O)[C@H](CC(C)C)NC(=O)[C@H](CCCCN)NC(=O)[C@H](CCC(N)=O)NC(=O)[C@@H](N)CC(C)C)C(=O)N[C@@H](CCCCN)C(=O)NCC(=O)NCCCCCC(=O)NN. The van der Waals surface area contributed by atoms with Gasteiger partial charge in [0.05, 0.1) is 12.6 Å². The van der Waals surface area contributed by atoms with Crippen LogP contribution in [0.3, 0.4) is 0 Å². The molecule has 0 aliphatic rings. The molecule has 0 aromatic rings. The summed E-state index contributed by atoms with van der Waals surface area (Å²) in [5.41, 5.74) is 48.7. The zero-order chi connectivity index (χ0) is 107. The summed E-state index contributed by atoms with van der Waals surface area (Å²) in [4.78, 5) is 267. The molecular formula is C96H182N26O19. The van der Waals surface area contributed by atoms with Crippen LogP contribution >= 0.6 is 0 Å². The Morgan fingerprint density at radius 3 is 0.610 bits per heavy atom. The minimum atomic E-state index is -1.62. The number of primary amides is 2. The first kappa shape index (κ1) is 131. The van der Waals surface area contributed by atoms with Gasteiger partial charge in [-0.1, -0.05) is 117 Å². The molecule has 15 atom stereocenters. The van der Waals surface area contributed by atoms with Gasteiger partial charge >= 0.3 is 0 Å². The molecule has 35 N–H and O–H groups in total. The van der Waals surface area contributed by atoms with Crippen molar-refractivity contribution >= 4 is 112 Å². The second-order valence-electron chi connectivity index (χ2n) is 40.4. The maximum Gasteiger partial charge on any atom is 0.243 e. The second-order valence-corrected chi connectivity index (χ2v) is 40.4. The van der Waals surface area contributed by atoms with Crippen LogP contribution in [0.25, 0.3) is 0 Å². The fourth-order valence-electron chi connectivity index (χ4n) is 15.5. The largest absolute Gasteiger partial charge is 0.370 e. The van der Waals surface area contributed by atoms with Crippen molar-refractivity contribution in [2.75, 3.05) is 45.8 Å². The molecule has 0 rings (SSSR count). The van der Waals surface area contributed by atoms with Crippen LogP contribution in [0.5, 0.6) is 0 Å². The Kier molecular flexibility index (Phi) is 68.3. The van der Waals surface area contributed by atoms with Gasteiger partial charge in [0.1, 0.15) is 84.6 Å². The van der Waals surface area contributed by atoms with Gasteiger partial charge in [0, 0.05) is 25.8 Å². The lowest BCUT2D eigenvalue weighted by atomic mass is 9.98. The van der Waals surface area contributed by atoms with Crippen LogP contribution in [0.2, 0.25) is 0 Å². The summed E-state index contributed by atoms with van der Waals surface area (Å²) in [5, 5.41) is 43.8. The zero-order valence-corrected chi connectivity index (χ0v) is 87.1. The van der Waals surface area contributed by atoms with Crippen LogP contribution < -0.4 is 142 Å². The zero-order valence-electron chi connectivity index (χ0n) is 87.1. The van der Waals surface area contributed by atoms with Gasteiger partial charge in [-0.05, 0) is 253 Å². The molecule has 0 aliphatic heterocycles. The van der Waals surface area contributed by atoms with E-state index in [1.807, 2.05) is 27.7 Å². The van der Waals surface area contributed by atoms with Crippen LogP contribution in [0.1, 0.15) is 310 Å². The molecule has 19 amide bonds. The quantitative estimate of drug-likeness (QED) is 0.0142. The summed E-state index contributed by atoms with van der Waals surface area (Å²) in [6, 6.07) is -19.9. The molecule has 0 bridgehead atoms. The third-order valence-corrected chi connectivity index (χ3v) is 23.0. The standard InChI is InChI=1S/C96H182N26O19/c1-55(2)46-63(102)82(127)108-69(36-38-78(103)123)88(133)110-65(31-20-25-41-98)84(129)116-75(51-60(11)12)94(139)120-73(49-58(7)8)92(137)113-68(34-23-28-44-101)87(132)118-77(53-62(15)16)96(141)121-74(50-59(9)10)93(138)114-70(37-39-79(104)124)89(134)111-66(32-21-26-42-99)85(130)117-76(52-61(13)14)95(140)119-72(48-57(5)6)91(136)112-67(33-22-27-43-100)86(131)115-71(47-56(3)4)90(135)109-64(30-19-24-40-97)83(128)107-54-81(126)106-45-29-17-18-35-80(125)122-105/h55-77H,17-54,97-102,105H2,1-16H3,(H2,103,123)(H2,104,124)(H,106,126)(H,107,128)(H,108,127)(H,109,135)(H,110,133)(H,111,134)(H,112,136)(H,113,137)(H,114,138)(H,115,131)(H,116,129)(H,117,130)(H,118,132)(H,119,140)(H,120,139)(H,121,141)(H,122,125)/t63-,64-,65-,66-,67-,68-,69-,70-,71-,72-,73-,74-,75-,76-,77-/m0/s1. The van der Waals surface area contributed by atoms with E-state index in [1.54, 1.807) is 83.1 Å². The van der Waals surface area contributed by atoms with Crippen molar-refractivity contribution < 1.29 is 91.1 Å². The van der Waals surface area contributed by atoms with E-state index < -0.39 is 216 Å². The molecule has 0 spiro atoms. The van der Waals surface area contributed by atoms with E-state index in [4.69, 9.17) is 51.7 Å². The molecule has 0 aromatic carbocycles. The van der Waals surface area contributed by atoms with E-state index >= 15 is 0 Å². The number of nitrogens with one attached hydrogen (secondary N) is 17. The molecular weight excluding hydrogens is 1820 g/mol. The highest BCUT2D eigenvalue weighted by Crippen LogP contribution is 2.20. The van der Waals surface area contributed by atoms with Crippen molar-refractivity contribution in [2.24, 2.45) is 99.1 Å². The predicted octanol–water partition coefficient (Wildman–Crippen LogP) is -1.57. The van der Waals surface area contributed by atoms with Crippen LogP contribution in [-0.2, 0) is 91.1 Å². The fraction of sp³-hybridized carbons (Fsp3) is 0.802. The smallest absolute Gasteiger partial charge is 0.243 e. The Bertz CT molecular complexity index is 3840. The molecule has 0 fully saturated rings. The predicted molar refractivity (Wildman–Crippen MR) is 539 cm³/mol. The fourth-order valence-corrected chi connectivity index (χ4v) is 15.5. The molecule has 0 radical (unpaired) electrons. The summed E-state index contributed by atoms with van der Waals surface area (Å²) in [5.74, 6) is -11.2. The Labute approximate surface area is 835 Å². The van der Waals surface area contributed by atoms with E-state index in [0.29, 0.717) is 83.6 Å². The molecule has 45 nitrogen and oxygen atoms in total. The van der Waals surface area contributed by atoms with E-state index in [1.165, 1.54) is 0 Å². The lowest BCUT2D eigenvalue weighted by molar-refractivity contribution is -0.137. The normalized spacial score (nSPS) is 14.7. The minimum absolute atomic E-state index is 0.0109. The van der Waals surface area contributed by atoms with Crippen LogP contribution in [-0.4, -0.2) is 249 Å². The molecule has 45 heteroatoms. The Morgan fingerprint density at radius 2 is 0.404 bits per heavy atom. The van der Waals surface area contributed by atoms with Crippen LogP contribution in [0, 0.1) is 47.3 Å². The summed E-state index contributed by atoms with van der Waals surface area (Å²) in [6.07, 6.45) is 4.81. The number of amides is 19. The molecule has 0 saturated carbocycles. The van der Waals surface area contributed by atoms with Gasteiger partial charge in [0.2, 0.25) is 112 Å². The highest BCUT2D eigenvalue weighted by atomic mass is 16.2. The molecule has 0 saturated heterocycles. The average Bonchev–Trinajstić information content (AvgIpc) is 0.850. The molecule has 141 heavy (non-hydrogen) atoms. The maximum absolute atomic E-state index is 14.9. The van der Waals surface area contributed by atoms with Crippen LogP contribution in [0.4, 0.5) is 0 Å². The average molecular weight is 2000 g/mol. The Balaban J connectivity index is 7.45. The van der Waals surface area contributed by atoms with Gasteiger partial charge in [-0.2, -0.15) is 0 Å². The van der Waals surface area contributed by atoms with Gasteiger partial charge in [0.25, 0.3) is 0 Å². The molecule has 0 unspecified atom stereocenters. The monoisotopic (exact) mass is 2000 g/mol. The number of hydrogen-bond acceptors (Lipinski definition) is 26. The summed E-state index contributed by atoms with van der Waals surface area (Å²) < 4.78 is 0. The number of hydrogen-bond donors (Lipinski definition) is 26. The first-order chi connectivity index (χ1) is 66.4. The number of nitrogens with two attached hydrogens (primary N) is 9. The lowest BCUT2D eigenvalue weighted by Crippen LogP contribution is -2.61. The van der Waals surface area contributed by atoms with Crippen molar-refractivity contribution in [1.82, 2.24) is 90.5 Å². The highest BCUT2D eigenvalue weighted by Gasteiger charge is 2.40. The van der Waals surface area contributed by atoms with Crippen molar-refractivity contribution in [3.8, 4) is 0 Å². The minimum Gasteiger partial charge on any atom is -0.370 e. The Hall–Kier alpha value is -10.3. The van der Waals surface area contributed by atoms with Gasteiger partial charge in [-0.25, -0.2) is 5.84 Å². The molecule has 0 heterocycles. The van der Waals surface area contributed by atoms with E-state index in [2.05, 4.69) is 90.5 Å². The van der Waals surface area contributed by atoms with Gasteiger partial charge in [-0.3, -0.25) is 96.5 Å². The van der Waals surface area contributed by atoms with E-state index in [0.717, 1.165) is 0 Å². The summed E-state index contributed by atoms with van der Waals surface area (Å²) in [7, 11) is 0. The molecule has 0 aromatic heterocycles. The lowest BCUT2D eigenvalue weighted by Gasteiger charge is -2.30. The van der Waals surface area contributed by atoms with Crippen molar-refractivity contribution in [2.45, 2.75) is 400 Å². The van der Waals surface area contributed by atoms with Gasteiger partial charge < -0.3 is 131 Å². The third kappa shape index (κ3) is 59.4. The van der Waals surface area contributed by atoms with Crippen molar-refractivity contribution in [1.29, 1.82) is 0 Å². The Morgan fingerprint density at radius 1 is 0.206 bits per heavy atom. The third-order valence-electron chi connectivity index (χ3n) is 23.0. The van der Waals surface area contributed by atoms with E-state index in [9.17, 15) is 91.1 Å². The first-order valence-electron chi connectivity index (χ1n) is 51.0. The highest BCUT2D eigenvalue weighted by molar-refractivity contribution is 6.01. The summed E-state index contributed by atoms with van der Waals surface area (Å²) in [6.45, 7) is 29.8. The molecule has 810 valence electrons. The summed E-state index contributed by atoms with van der Waals surface area (Å²) >= 11 is 0. The number of carbonyl (C=O) groups excluding carboxylic acids is 19. The number of carbonyl (C=O) groups is 19. The van der Waals surface area contributed by atoms with Crippen molar-refractivity contribution in [3.63, 3.8) is 0 Å². The second kappa shape index (κ2) is 73.7.